The molecular formula is C15H20N2. The SMILES string of the molecule is NC1c2ccccc2CC12CC1CCC(C2)N1. The standard InChI is InChI=1S/C15H20N2/c16-14-13-4-2-1-3-10(13)7-15(14)8-11-5-6-12(9-15)17-11/h1-4,11-12,14,17H,5-9,16H2. The number of nitrogens with two attached hydrogens (primary N) is 1. The van der Waals surface area contributed by atoms with E-state index in [4.69, 9.17) is 5.73 Å². The van der Waals surface area contributed by atoms with E-state index in [0.29, 0.717) is 5.41 Å². The van der Waals surface area contributed by atoms with Crippen molar-refractivity contribution >= 4 is 0 Å². The molecule has 0 amide bonds. The molecule has 2 saturated heterocycles. The number of rotatable bonds is 0. The maximum atomic E-state index is 6.58. The van der Waals surface area contributed by atoms with Crippen LogP contribution in [0.3, 0.4) is 0 Å². The Morgan fingerprint density at radius 2 is 1.82 bits per heavy atom. The quantitative estimate of drug-likeness (QED) is 0.714. The third kappa shape index (κ3) is 1.34. The topological polar surface area (TPSA) is 38.0 Å². The Hall–Kier alpha value is -0.860. The Kier molecular flexibility index (Phi) is 1.98. The van der Waals surface area contributed by atoms with Gasteiger partial charge < -0.3 is 11.1 Å². The zero-order valence-electron chi connectivity index (χ0n) is 10.2. The van der Waals surface area contributed by atoms with Crippen molar-refractivity contribution in [3.05, 3.63) is 35.4 Å². The Morgan fingerprint density at radius 3 is 2.53 bits per heavy atom. The van der Waals surface area contributed by atoms with E-state index in [9.17, 15) is 0 Å². The lowest BCUT2D eigenvalue weighted by Crippen LogP contribution is -2.47. The fraction of sp³-hybridized carbons (Fsp3) is 0.600. The fourth-order valence-corrected chi connectivity index (χ4v) is 4.51. The maximum absolute atomic E-state index is 6.58. The van der Waals surface area contributed by atoms with Gasteiger partial charge in [-0.25, -0.2) is 0 Å². The van der Waals surface area contributed by atoms with Gasteiger partial charge in [-0.05, 0) is 48.6 Å². The van der Waals surface area contributed by atoms with Crippen LogP contribution in [-0.4, -0.2) is 12.1 Å². The van der Waals surface area contributed by atoms with Gasteiger partial charge in [-0.3, -0.25) is 0 Å². The van der Waals surface area contributed by atoms with Crippen LogP contribution in [0.2, 0.25) is 0 Å². The van der Waals surface area contributed by atoms with Gasteiger partial charge in [0.15, 0.2) is 0 Å². The first-order valence-corrected chi connectivity index (χ1v) is 6.86. The first-order chi connectivity index (χ1) is 8.27. The molecule has 2 heteroatoms. The molecule has 0 radical (unpaired) electrons. The summed E-state index contributed by atoms with van der Waals surface area (Å²) in [6.45, 7) is 0. The van der Waals surface area contributed by atoms with E-state index >= 15 is 0 Å². The first kappa shape index (κ1) is 10.1. The van der Waals surface area contributed by atoms with Crippen molar-refractivity contribution in [2.75, 3.05) is 0 Å². The molecule has 2 aliphatic heterocycles. The third-order valence-corrected chi connectivity index (χ3v) is 5.23. The lowest BCUT2D eigenvalue weighted by Gasteiger charge is -2.41. The van der Waals surface area contributed by atoms with Gasteiger partial charge in [-0.15, -0.1) is 0 Å². The molecular weight excluding hydrogens is 208 g/mol. The summed E-state index contributed by atoms with van der Waals surface area (Å²) in [6.07, 6.45) is 6.47. The summed E-state index contributed by atoms with van der Waals surface area (Å²) in [4.78, 5) is 0. The predicted molar refractivity (Wildman–Crippen MR) is 68.7 cm³/mol. The molecule has 4 rings (SSSR count). The zero-order valence-corrected chi connectivity index (χ0v) is 10.2. The van der Waals surface area contributed by atoms with Crippen LogP contribution in [-0.2, 0) is 6.42 Å². The Morgan fingerprint density at radius 1 is 1.12 bits per heavy atom. The lowest BCUT2D eigenvalue weighted by molar-refractivity contribution is 0.136. The summed E-state index contributed by atoms with van der Waals surface area (Å²) in [5, 5.41) is 3.73. The maximum Gasteiger partial charge on any atom is 0.0359 e. The molecule has 1 aliphatic carbocycles. The van der Waals surface area contributed by atoms with E-state index in [1.54, 1.807) is 0 Å². The molecule has 1 aromatic rings. The van der Waals surface area contributed by atoms with Crippen LogP contribution in [0.1, 0.15) is 42.9 Å². The second-order valence-corrected chi connectivity index (χ2v) is 6.26. The van der Waals surface area contributed by atoms with Crippen LogP contribution in [0.15, 0.2) is 24.3 Å². The molecule has 3 unspecified atom stereocenters. The van der Waals surface area contributed by atoms with E-state index in [2.05, 4.69) is 29.6 Å². The van der Waals surface area contributed by atoms with Crippen LogP contribution >= 0.6 is 0 Å². The number of hydrogen-bond acceptors (Lipinski definition) is 2. The normalized spacial score (nSPS) is 43.0. The van der Waals surface area contributed by atoms with Crippen molar-refractivity contribution in [1.29, 1.82) is 0 Å². The third-order valence-electron chi connectivity index (χ3n) is 5.23. The van der Waals surface area contributed by atoms with Crippen LogP contribution in [0.4, 0.5) is 0 Å². The van der Waals surface area contributed by atoms with Crippen LogP contribution in [0.25, 0.3) is 0 Å². The molecule has 3 aliphatic rings. The molecule has 2 heterocycles. The van der Waals surface area contributed by atoms with Crippen molar-refractivity contribution in [3.63, 3.8) is 0 Å². The van der Waals surface area contributed by atoms with E-state index in [1.165, 1.54) is 43.2 Å². The minimum absolute atomic E-state index is 0.267. The van der Waals surface area contributed by atoms with Crippen LogP contribution in [0.5, 0.6) is 0 Å². The molecule has 2 nitrogen and oxygen atoms in total. The number of benzene rings is 1. The van der Waals surface area contributed by atoms with Crippen molar-refractivity contribution < 1.29 is 0 Å². The van der Waals surface area contributed by atoms with Gasteiger partial charge in [-0.1, -0.05) is 24.3 Å². The van der Waals surface area contributed by atoms with Gasteiger partial charge >= 0.3 is 0 Å². The molecule has 3 N–H and O–H groups in total. The first-order valence-electron chi connectivity index (χ1n) is 6.86. The van der Waals surface area contributed by atoms with Crippen molar-refractivity contribution in [3.8, 4) is 0 Å². The smallest absolute Gasteiger partial charge is 0.0359 e. The molecule has 17 heavy (non-hydrogen) atoms. The van der Waals surface area contributed by atoms with Crippen molar-refractivity contribution in [2.24, 2.45) is 11.1 Å². The van der Waals surface area contributed by atoms with E-state index in [-0.39, 0.29) is 6.04 Å². The number of piperidine rings is 1. The molecule has 1 aromatic carbocycles. The molecule has 2 fully saturated rings. The number of nitrogens with one attached hydrogen (secondary N) is 1. The van der Waals surface area contributed by atoms with Gasteiger partial charge in [0.1, 0.15) is 0 Å². The highest BCUT2D eigenvalue weighted by atomic mass is 15.0. The lowest BCUT2D eigenvalue weighted by atomic mass is 9.71. The van der Waals surface area contributed by atoms with Gasteiger partial charge in [0, 0.05) is 18.1 Å². The summed E-state index contributed by atoms with van der Waals surface area (Å²) >= 11 is 0. The Bertz CT molecular complexity index is 442. The van der Waals surface area contributed by atoms with Gasteiger partial charge in [0.2, 0.25) is 0 Å². The average Bonchev–Trinajstić information content (AvgIpc) is 2.80. The molecule has 1 spiro atoms. The number of hydrogen-bond donors (Lipinski definition) is 2. The average molecular weight is 228 g/mol. The van der Waals surface area contributed by atoms with Crippen LogP contribution in [0, 0.1) is 5.41 Å². The van der Waals surface area contributed by atoms with E-state index in [0.717, 1.165) is 12.1 Å². The van der Waals surface area contributed by atoms with Gasteiger partial charge in [-0.2, -0.15) is 0 Å². The van der Waals surface area contributed by atoms with Crippen molar-refractivity contribution in [2.45, 2.75) is 50.2 Å². The predicted octanol–water partition coefficient (Wildman–Crippen LogP) is 2.14. The molecule has 90 valence electrons. The van der Waals surface area contributed by atoms with Crippen LogP contribution < -0.4 is 11.1 Å². The second kappa shape index (κ2) is 3.33. The van der Waals surface area contributed by atoms with E-state index in [1.807, 2.05) is 0 Å². The number of fused-ring (bicyclic) bond motifs is 3. The summed E-state index contributed by atoms with van der Waals surface area (Å²) in [7, 11) is 0. The molecule has 0 aromatic heterocycles. The zero-order chi connectivity index (χ0) is 11.5. The Labute approximate surface area is 103 Å². The highest BCUT2D eigenvalue weighted by molar-refractivity contribution is 5.38. The second-order valence-electron chi connectivity index (χ2n) is 6.26. The largest absolute Gasteiger partial charge is 0.323 e. The highest BCUT2D eigenvalue weighted by Gasteiger charge is 2.50. The highest BCUT2D eigenvalue weighted by Crippen LogP contribution is 2.54. The van der Waals surface area contributed by atoms with Crippen molar-refractivity contribution in [1.82, 2.24) is 5.32 Å². The summed E-state index contributed by atoms with van der Waals surface area (Å²) in [6, 6.07) is 10.5. The van der Waals surface area contributed by atoms with Gasteiger partial charge in [0.25, 0.3) is 0 Å². The summed E-state index contributed by atoms with van der Waals surface area (Å²) in [5.41, 5.74) is 9.85. The molecule has 3 atom stereocenters. The Balaban J connectivity index is 1.73. The monoisotopic (exact) mass is 228 g/mol. The minimum atomic E-state index is 0.267. The molecule has 2 bridgehead atoms. The minimum Gasteiger partial charge on any atom is -0.323 e. The van der Waals surface area contributed by atoms with E-state index < -0.39 is 0 Å². The summed E-state index contributed by atoms with van der Waals surface area (Å²) < 4.78 is 0. The summed E-state index contributed by atoms with van der Waals surface area (Å²) in [5.74, 6) is 0. The van der Waals surface area contributed by atoms with Gasteiger partial charge in [0.05, 0.1) is 0 Å². The fourth-order valence-electron chi connectivity index (χ4n) is 4.51. The molecule has 0 saturated carbocycles.